The average Bonchev–Trinajstić information content (AvgIpc) is 3.38. The summed E-state index contributed by atoms with van der Waals surface area (Å²) in [7, 11) is -1.88. The Labute approximate surface area is 165 Å². The van der Waals surface area contributed by atoms with Crippen molar-refractivity contribution in [1.29, 1.82) is 0 Å². The Balaban J connectivity index is 2.02. The molecule has 3 heteroatoms. The fourth-order valence-corrected chi connectivity index (χ4v) is 4.81. The molecule has 27 heavy (non-hydrogen) atoms. The zero-order chi connectivity index (χ0) is 20.0. The summed E-state index contributed by atoms with van der Waals surface area (Å²) in [5.74, 6) is 1.05. The van der Waals surface area contributed by atoms with Crippen molar-refractivity contribution >= 4 is 14.6 Å². The fraction of sp³-hybridized carbons (Fsp3) is 0.458. The fourth-order valence-electron chi connectivity index (χ4n) is 3.67. The largest absolute Gasteiger partial charge is 0.543 e. The normalized spacial score (nSPS) is 16.1. The Morgan fingerprint density at radius 1 is 1.04 bits per heavy atom. The molecule has 0 aromatic heterocycles. The van der Waals surface area contributed by atoms with E-state index >= 15 is 0 Å². The molecule has 144 valence electrons. The molecule has 3 rings (SSSR count). The molecule has 1 aliphatic rings. The first-order valence-electron chi connectivity index (χ1n) is 9.87. The summed E-state index contributed by atoms with van der Waals surface area (Å²) in [5.41, 5.74) is 5.68. The molecule has 0 unspecified atom stereocenters. The maximum absolute atomic E-state index is 11.6. The van der Waals surface area contributed by atoms with Crippen LogP contribution in [-0.2, 0) is 5.41 Å². The van der Waals surface area contributed by atoms with Crippen LogP contribution in [0.3, 0.4) is 0 Å². The number of aryl methyl sites for hydroxylation is 2. The van der Waals surface area contributed by atoms with Crippen LogP contribution in [0.5, 0.6) is 5.75 Å². The second-order valence-electron chi connectivity index (χ2n) is 9.59. The molecule has 0 bridgehead atoms. The van der Waals surface area contributed by atoms with Crippen molar-refractivity contribution in [3.8, 4) is 5.75 Å². The van der Waals surface area contributed by atoms with Gasteiger partial charge in [0.25, 0.3) is 8.32 Å². The maximum Gasteiger partial charge on any atom is 0.250 e. The molecule has 1 fully saturated rings. The van der Waals surface area contributed by atoms with Crippen LogP contribution in [-0.4, -0.2) is 14.6 Å². The number of carbonyl (C=O) groups is 1. The summed E-state index contributed by atoms with van der Waals surface area (Å²) in [5, 5.41) is 0.172. The number of hydrogen-bond donors (Lipinski definition) is 0. The zero-order valence-electron chi connectivity index (χ0n) is 17.8. The minimum absolute atomic E-state index is 0.0114. The highest BCUT2D eigenvalue weighted by atomic mass is 28.4. The second kappa shape index (κ2) is 6.63. The lowest BCUT2D eigenvalue weighted by Crippen LogP contribution is -2.44. The molecule has 0 N–H and O–H groups in total. The molecule has 0 amide bonds. The van der Waals surface area contributed by atoms with E-state index in [0.29, 0.717) is 0 Å². The number of hydrogen-bond acceptors (Lipinski definition) is 2. The summed E-state index contributed by atoms with van der Waals surface area (Å²) >= 11 is 0. The average molecular weight is 381 g/mol. The quantitative estimate of drug-likeness (QED) is 0.432. The van der Waals surface area contributed by atoms with E-state index in [4.69, 9.17) is 4.43 Å². The van der Waals surface area contributed by atoms with Gasteiger partial charge in [-0.1, -0.05) is 57.2 Å². The number of rotatable bonds is 5. The highest BCUT2D eigenvalue weighted by Gasteiger charge is 2.47. The molecule has 0 radical (unpaired) electrons. The molecule has 2 aromatic carbocycles. The minimum Gasteiger partial charge on any atom is -0.543 e. The number of benzene rings is 2. The molecule has 2 nitrogen and oxygen atoms in total. The Hall–Kier alpha value is -1.87. The summed E-state index contributed by atoms with van der Waals surface area (Å²) in [6.07, 6.45) is 3.18. The van der Waals surface area contributed by atoms with E-state index in [9.17, 15) is 4.79 Å². The monoisotopic (exact) mass is 380 g/mol. The lowest BCUT2D eigenvalue weighted by atomic mass is 9.84. The van der Waals surface area contributed by atoms with Gasteiger partial charge in [0.2, 0.25) is 0 Å². The van der Waals surface area contributed by atoms with Crippen LogP contribution in [0.4, 0.5) is 0 Å². The van der Waals surface area contributed by atoms with Crippen LogP contribution in [0.2, 0.25) is 18.1 Å². The van der Waals surface area contributed by atoms with Gasteiger partial charge in [0.15, 0.2) is 0 Å². The van der Waals surface area contributed by atoms with Crippen molar-refractivity contribution in [2.45, 2.75) is 71.0 Å². The van der Waals surface area contributed by atoms with Gasteiger partial charge in [-0.15, -0.1) is 0 Å². The van der Waals surface area contributed by atoms with Gasteiger partial charge in [0, 0.05) is 11.0 Å². The van der Waals surface area contributed by atoms with Crippen LogP contribution in [0.1, 0.15) is 66.2 Å². The van der Waals surface area contributed by atoms with Crippen LogP contribution in [0.15, 0.2) is 36.4 Å². The van der Waals surface area contributed by atoms with Gasteiger partial charge in [-0.05, 0) is 67.1 Å². The van der Waals surface area contributed by atoms with Crippen LogP contribution < -0.4 is 4.43 Å². The van der Waals surface area contributed by atoms with Gasteiger partial charge in [0.05, 0.1) is 0 Å². The highest BCUT2D eigenvalue weighted by Crippen LogP contribution is 2.55. The van der Waals surface area contributed by atoms with Crippen LogP contribution >= 0.6 is 0 Å². The summed E-state index contributed by atoms with van der Waals surface area (Å²) in [6, 6.07) is 12.6. The molecule has 0 atom stereocenters. The molecule has 0 heterocycles. The molecular weight excluding hydrogens is 348 g/mol. The third-order valence-corrected chi connectivity index (χ3v) is 10.9. The third-order valence-electron chi connectivity index (χ3n) is 6.53. The number of carbonyl (C=O) groups excluding carboxylic acids is 1. The highest BCUT2D eigenvalue weighted by molar-refractivity contribution is 6.74. The van der Waals surface area contributed by atoms with E-state index in [-0.39, 0.29) is 10.5 Å². The van der Waals surface area contributed by atoms with Crippen molar-refractivity contribution in [3.63, 3.8) is 0 Å². The smallest absolute Gasteiger partial charge is 0.250 e. The van der Waals surface area contributed by atoms with Gasteiger partial charge in [-0.2, -0.15) is 0 Å². The van der Waals surface area contributed by atoms with Gasteiger partial charge >= 0.3 is 0 Å². The first kappa shape index (κ1) is 19.9. The standard InChI is InChI=1S/C24H32O2Si/c1-17-14-20(15-18(2)22(17)26-27(6,7)23(3,4)5)24(12-13-24)21-11-9-8-10-19(21)16-25/h8-11,14-16H,12-13H2,1-7H3. The van der Waals surface area contributed by atoms with E-state index < -0.39 is 8.32 Å². The summed E-state index contributed by atoms with van der Waals surface area (Å²) in [6.45, 7) is 15.7. The lowest BCUT2D eigenvalue weighted by Gasteiger charge is -2.37. The van der Waals surface area contributed by atoms with E-state index in [1.807, 2.05) is 18.2 Å². The molecule has 0 aliphatic heterocycles. The van der Waals surface area contributed by atoms with Gasteiger partial charge in [-0.3, -0.25) is 4.79 Å². The van der Waals surface area contributed by atoms with Crippen molar-refractivity contribution in [1.82, 2.24) is 0 Å². The Morgan fingerprint density at radius 2 is 1.59 bits per heavy atom. The van der Waals surface area contributed by atoms with E-state index in [2.05, 4.69) is 65.9 Å². The van der Waals surface area contributed by atoms with Crippen molar-refractivity contribution in [2.24, 2.45) is 0 Å². The van der Waals surface area contributed by atoms with E-state index in [1.54, 1.807) is 0 Å². The minimum atomic E-state index is -1.88. The van der Waals surface area contributed by atoms with E-state index in [0.717, 1.165) is 36.0 Å². The predicted molar refractivity (Wildman–Crippen MR) is 116 cm³/mol. The first-order chi connectivity index (χ1) is 12.5. The lowest BCUT2D eigenvalue weighted by molar-refractivity contribution is 0.112. The van der Waals surface area contributed by atoms with Crippen molar-refractivity contribution in [2.75, 3.05) is 0 Å². The predicted octanol–water partition coefficient (Wildman–Crippen LogP) is 6.58. The molecule has 0 spiro atoms. The van der Waals surface area contributed by atoms with Gasteiger partial charge in [0.1, 0.15) is 12.0 Å². The maximum atomic E-state index is 11.6. The van der Waals surface area contributed by atoms with Crippen molar-refractivity contribution < 1.29 is 9.22 Å². The Bertz CT molecular complexity index is 847. The molecule has 1 saturated carbocycles. The van der Waals surface area contributed by atoms with Crippen LogP contribution in [0, 0.1) is 13.8 Å². The third kappa shape index (κ3) is 3.50. The SMILES string of the molecule is Cc1cc(C2(c3ccccc3C=O)CC2)cc(C)c1O[Si](C)(C)C(C)(C)C. The molecular formula is C24H32O2Si. The van der Waals surface area contributed by atoms with Gasteiger partial charge < -0.3 is 4.43 Å². The Morgan fingerprint density at radius 3 is 2.07 bits per heavy atom. The van der Waals surface area contributed by atoms with E-state index in [1.165, 1.54) is 16.7 Å². The topological polar surface area (TPSA) is 26.3 Å². The molecule has 1 aliphatic carbocycles. The van der Waals surface area contributed by atoms with Crippen LogP contribution in [0.25, 0.3) is 0 Å². The molecule has 2 aromatic rings. The zero-order valence-corrected chi connectivity index (χ0v) is 18.8. The Kier molecular flexibility index (Phi) is 4.88. The molecule has 0 saturated heterocycles. The van der Waals surface area contributed by atoms with Gasteiger partial charge in [-0.25, -0.2) is 0 Å². The number of aldehydes is 1. The summed E-state index contributed by atoms with van der Waals surface area (Å²) in [4.78, 5) is 11.6. The second-order valence-corrected chi connectivity index (χ2v) is 14.3. The first-order valence-corrected chi connectivity index (χ1v) is 12.8. The summed E-state index contributed by atoms with van der Waals surface area (Å²) < 4.78 is 6.65. The van der Waals surface area contributed by atoms with Crippen molar-refractivity contribution in [3.05, 3.63) is 64.2 Å².